The zero-order chi connectivity index (χ0) is 10.8. The molecule has 1 aliphatic rings. The monoisotopic (exact) mass is 201 g/mol. The highest BCUT2D eigenvalue weighted by Gasteiger charge is 2.07. The van der Waals surface area contributed by atoms with Gasteiger partial charge in [0, 0.05) is 6.92 Å². The topological polar surface area (TPSA) is 40.5 Å². The summed E-state index contributed by atoms with van der Waals surface area (Å²) in [7, 11) is 0. The largest absolute Gasteiger partial charge is 0.481 e. The number of hydrogen-bond acceptors (Lipinski definition) is 2. The molecule has 1 rings (SSSR count). The van der Waals surface area contributed by atoms with E-state index in [1.165, 1.54) is 51.7 Å². The van der Waals surface area contributed by atoms with E-state index in [1.54, 1.807) is 0 Å². The second kappa shape index (κ2) is 9.00. The van der Waals surface area contributed by atoms with Gasteiger partial charge in [-0.3, -0.25) is 4.79 Å². The molecule has 1 aliphatic heterocycles. The summed E-state index contributed by atoms with van der Waals surface area (Å²) in [5, 5.41) is 7.42. The van der Waals surface area contributed by atoms with Crippen LogP contribution in [0, 0.1) is 0 Å². The molecule has 0 unspecified atom stereocenters. The van der Waals surface area contributed by atoms with Gasteiger partial charge in [-0.1, -0.05) is 19.8 Å². The second-order valence-corrected chi connectivity index (χ2v) is 3.77. The van der Waals surface area contributed by atoms with Crippen LogP contribution in [0.2, 0.25) is 0 Å². The zero-order valence-electron chi connectivity index (χ0n) is 9.46. The van der Waals surface area contributed by atoms with Crippen molar-refractivity contribution < 1.29 is 9.90 Å². The Morgan fingerprint density at radius 1 is 1.29 bits per heavy atom. The molecule has 0 aromatic carbocycles. The molecule has 0 aromatic rings. The van der Waals surface area contributed by atoms with Crippen molar-refractivity contribution in [3.63, 3.8) is 0 Å². The summed E-state index contributed by atoms with van der Waals surface area (Å²) in [5.74, 6) is -0.833. The van der Waals surface area contributed by atoms with Crippen LogP contribution < -0.4 is 0 Å². The highest BCUT2D eigenvalue weighted by atomic mass is 16.4. The van der Waals surface area contributed by atoms with Crippen molar-refractivity contribution in [2.24, 2.45) is 0 Å². The van der Waals surface area contributed by atoms with Crippen LogP contribution in [0.3, 0.4) is 0 Å². The van der Waals surface area contributed by atoms with Crippen LogP contribution in [0.4, 0.5) is 0 Å². The Morgan fingerprint density at radius 3 is 2.21 bits per heavy atom. The molecule has 0 amide bonds. The molecule has 0 bridgehead atoms. The summed E-state index contributed by atoms with van der Waals surface area (Å²) in [6.45, 7) is 7.42. The van der Waals surface area contributed by atoms with Crippen LogP contribution in [0.1, 0.15) is 46.0 Å². The molecule has 3 heteroatoms. The average Bonchev–Trinajstić information content (AvgIpc) is 2.15. The Bertz CT molecular complexity index is 138. The molecule has 1 fully saturated rings. The first kappa shape index (κ1) is 13.4. The standard InChI is InChI=1S/C9H19N.C2H4O2/c1-2-3-7-10-8-5-4-6-9-10;1-2(3)4/h2-9H2,1H3;1H3,(H,3,4). The van der Waals surface area contributed by atoms with Crippen molar-refractivity contribution in [1.82, 2.24) is 4.90 Å². The van der Waals surface area contributed by atoms with Crippen molar-refractivity contribution >= 4 is 5.97 Å². The van der Waals surface area contributed by atoms with Crippen molar-refractivity contribution in [1.29, 1.82) is 0 Å². The molecule has 0 spiro atoms. The van der Waals surface area contributed by atoms with E-state index in [0.717, 1.165) is 6.92 Å². The lowest BCUT2D eigenvalue weighted by molar-refractivity contribution is -0.134. The zero-order valence-corrected chi connectivity index (χ0v) is 9.46. The normalized spacial score (nSPS) is 17.0. The number of rotatable bonds is 3. The highest BCUT2D eigenvalue weighted by molar-refractivity contribution is 5.62. The van der Waals surface area contributed by atoms with E-state index >= 15 is 0 Å². The smallest absolute Gasteiger partial charge is 0.300 e. The molecule has 84 valence electrons. The number of likely N-dealkylation sites (tertiary alicyclic amines) is 1. The lowest BCUT2D eigenvalue weighted by atomic mass is 10.1. The molecule has 14 heavy (non-hydrogen) atoms. The lowest BCUT2D eigenvalue weighted by Crippen LogP contribution is -2.30. The summed E-state index contributed by atoms with van der Waals surface area (Å²) >= 11 is 0. The average molecular weight is 201 g/mol. The molecule has 0 atom stereocenters. The van der Waals surface area contributed by atoms with E-state index in [2.05, 4.69) is 11.8 Å². The third kappa shape index (κ3) is 9.52. The quantitative estimate of drug-likeness (QED) is 0.762. The second-order valence-electron chi connectivity index (χ2n) is 3.77. The van der Waals surface area contributed by atoms with Crippen LogP contribution in [-0.4, -0.2) is 35.6 Å². The van der Waals surface area contributed by atoms with Crippen molar-refractivity contribution in [3.8, 4) is 0 Å². The first-order chi connectivity index (χ1) is 6.66. The summed E-state index contributed by atoms with van der Waals surface area (Å²) in [6, 6.07) is 0. The van der Waals surface area contributed by atoms with E-state index in [1.807, 2.05) is 0 Å². The van der Waals surface area contributed by atoms with E-state index in [9.17, 15) is 0 Å². The molecular formula is C11H23NO2. The van der Waals surface area contributed by atoms with Gasteiger partial charge in [0.2, 0.25) is 0 Å². The van der Waals surface area contributed by atoms with Gasteiger partial charge in [-0.25, -0.2) is 0 Å². The molecule has 1 heterocycles. The summed E-state index contributed by atoms with van der Waals surface area (Å²) < 4.78 is 0. The number of nitrogens with zero attached hydrogens (tertiary/aromatic N) is 1. The predicted molar refractivity (Wildman–Crippen MR) is 58.5 cm³/mol. The maximum atomic E-state index is 9.00. The van der Waals surface area contributed by atoms with Crippen LogP contribution >= 0.6 is 0 Å². The fourth-order valence-corrected chi connectivity index (χ4v) is 1.56. The van der Waals surface area contributed by atoms with E-state index in [-0.39, 0.29) is 0 Å². The molecule has 0 radical (unpaired) electrons. The summed E-state index contributed by atoms with van der Waals surface area (Å²) in [5.41, 5.74) is 0. The molecule has 1 saturated heterocycles. The third-order valence-electron chi connectivity index (χ3n) is 2.28. The minimum atomic E-state index is -0.833. The van der Waals surface area contributed by atoms with E-state index in [4.69, 9.17) is 9.90 Å². The maximum absolute atomic E-state index is 9.00. The number of unbranched alkanes of at least 4 members (excludes halogenated alkanes) is 1. The Kier molecular flexibility index (Phi) is 8.64. The van der Waals surface area contributed by atoms with Gasteiger partial charge in [0.15, 0.2) is 0 Å². The Morgan fingerprint density at radius 2 is 1.79 bits per heavy atom. The van der Waals surface area contributed by atoms with Crippen LogP contribution in [0.25, 0.3) is 0 Å². The van der Waals surface area contributed by atoms with Gasteiger partial charge in [-0.2, -0.15) is 0 Å². The lowest BCUT2D eigenvalue weighted by Gasteiger charge is -2.25. The molecule has 3 nitrogen and oxygen atoms in total. The van der Waals surface area contributed by atoms with Gasteiger partial charge in [-0.05, 0) is 38.9 Å². The third-order valence-corrected chi connectivity index (χ3v) is 2.28. The molecule has 1 N–H and O–H groups in total. The van der Waals surface area contributed by atoms with Crippen LogP contribution in [-0.2, 0) is 4.79 Å². The van der Waals surface area contributed by atoms with Crippen LogP contribution in [0.5, 0.6) is 0 Å². The molecule has 0 saturated carbocycles. The first-order valence-electron chi connectivity index (χ1n) is 5.58. The fraction of sp³-hybridized carbons (Fsp3) is 0.909. The van der Waals surface area contributed by atoms with Gasteiger partial charge in [0.05, 0.1) is 0 Å². The number of carboxylic acid groups (broad SMARTS) is 1. The van der Waals surface area contributed by atoms with Gasteiger partial charge in [-0.15, -0.1) is 0 Å². The Hall–Kier alpha value is -0.570. The minimum absolute atomic E-state index is 0.833. The van der Waals surface area contributed by atoms with E-state index < -0.39 is 5.97 Å². The van der Waals surface area contributed by atoms with Gasteiger partial charge >= 0.3 is 0 Å². The number of carboxylic acids is 1. The summed E-state index contributed by atoms with van der Waals surface area (Å²) in [4.78, 5) is 11.6. The number of aliphatic carboxylic acids is 1. The maximum Gasteiger partial charge on any atom is 0.300 e. The molecular weight excluding hydrogens is 178 g/mol. The van der Waals surface area contributed by atoms with Crippen molar-refractivity contribution in [2.45, 2.75) is 46.0 Å². The Balaban J connectivity index is 0.000000364. The number of hydrogen-bond donors (Lipinski definition) is 1. The van der Waals surface area contributed by atoms with Crippen molar-refractivity contribution in [3.05, 3.63) is 0 Å². The van der Waals surface area contributed by atoms with Gasteiger partial charge in [0.25, 0.3) is 5.97 Å². The SMILES string of the molecule is CC(=O)O.CCCCN1CCCCC1. The number of piperidine rings is 1. The first-order valence-corrected chi connectivity index (χ1v) is 5.58. The highest BCUT2D eigenvalue weighted by Crippen LogP contribution is 2.08. The Labute approximate surface area is 87.1 Å². The number of carbonyl (C=O) groups is 1. The summed E-state index contributed by atoms with van der Waals surface area (Å²) in [6.07, 6.45) is 7.06. The molecule has 0 aliphatic carbocycles. The van der Waals surface area contributed by atoms with E-state index in [0.29, 0.717) is 0 Å². The predicted octanol–water partition coefficient (Wildman–Crippen LogP) is 2.36. The minimum Gasteiger partial charge on any atom is -0.481 e. The van der Waals surface area contributed by atoms with Gasteiger partial charge in [0.1, 0.15) is 0 Å². The molecule has 0 aromatic heterocycles. The van der Waals surface area contributed by atoms with Gasteiger partial charge < -0.3 is 10.0 Å². The van der Waals surface area contributed by atoms with Crippen LogP contribution in [0.15, 0.2) is 0 Å². The van der Waals surface area contributed by atoms with Crippen molar-refractivity contribution in [2.75, 3.05) is 19.6 Å². The fourth-order valence-electron chi connectivity index (χ4n) is 1.56.